The topological polar surface area (TPSA) is 61.4 Å². The molecule has 3 aliphatic rings. The maximum Gasteiger partial charge on any atom is 0.241 e. The zero-order valence-electron chi connectivity index (χ0n) is 14.6. The third-order valence-corrected chi connectivity index (χ3v) is 5.87. The summed E-state index contributed by atoms with van der Waals surface area (Å²) in [6.45, 7) is 0. The smallest absolute Gasteiger partial charge is 0.241 e. The molecule has 2 heterocycles. The molecule has 136 valence electrons. The minimum absolute atomic E-state index is 0. The van der Waals surface area contributed by atoms with Crippen molar-refractivity contribution in [3.8, 4) is 0 Å². The summed E-state index contributed by atoms with van der Waals surface area (Å²) in [5, 5.41) is 6.59. The number of hydrogen-bond donors (Lipinski definition) is 2. The molecule has 3 atom stereocenters. The highest BCUT2D eigenvalue weighted by molar-refractivity contribution is 5.98. The molecule has 0 bridgehead atoms. The number of nitrogens with zero attached hydrogens (tertiary/aromatic N) is 1. The molecule has 3 unspecified atom stereocenters. The molecule has 0 aromatic heterocycles. The van der Waals surface area contributed by atoms with E-state index < -0.39 is 0 Å². The molecule has 0 radical (unpaired) electrons. The van der Waals surface area contributed by atoms with Gasteiger partial charge in [0.2, 0.25) is 11.8 Å². The monoisotopic (exact) mass is 363 g/mol. The summed E-state index contributed by atoms with van der Waals surface area (Å²) in [6.07, 6.45) is 7.27. The molecular formula is C19H26ClN3O2. The number of benzene rings is 1. The molecule has 2 aliphatic heterocycles. The van der Waals surface area contributed by atoms with E-state index in [0.717, 1.165) is 29.8 Å². The van der Waals surface area contributed by atoms with Crippen LogP contribution >= 0.6 is 12.4 Å². The van der Waals surface area contributed by atoms with Gasteiger partial charge in [-0.1, -0.05) is 12.8 Å². The number of aryl methyl sites for hydroxylation is 1. The Morgan fingerprint density at radius 1 is 1.24 bits per heavy atom. The van der Waals surface area contributed by atoms with Crippen molar-refractivity contribution in [3.05, 3.63) is 23.8 Å². The van der Waals surface area contributed by atoms with Gasteiger partial charge in [-0.2, -0.15) is 0 Å². The average Bonchev–Trinajstić information content (AvgIpc) is 3.02. The maximum atomic E-state index is 12.6. The van der Waals surface area contributed by atoms with E-state index in [9.17, 15) is 9.59 Å². The number of carbonyl (C=O) groups is 2. The first-order valence-corrected chi connectivity index (χ1v) is 9.08. The molecule has 6 heteroatoms. The number of amides is 2. The molecule has 2 N–H and O–H groups in total. The van der Waals surface area contributed by atoms with Crippen molar-refractivity contribution in [2.24, 2.45) is 5.92 Å². The van der Waals surface area contributed by atoms with Crippen LogP contribution in [0.2, 0.25) is 0 Å². The zero-order chi connectivity index (χ0) is 16.7. The van der Waals surface area contributed by atoms with Crippen molar-refractivity contribution in [1.29, 1.82) is 0 Å². The Bertz CT molecular complexity index is 665. The summed E-state index contributed by atoms with van der Waals surface area (Å²) in [6, 6.07) is 6.30. The van der Waals surface area contributed by atoms with E-state index in [1.807, 2.05) is 25.2 Å². The van der Waals surface area contributed by atoms with Crippen molar-refractivity contribution < 1.29 is 9.59 Å². The summed E-state index contributed by atoms with van der Waals surface area (Å²) in [4.78, 5) is 26.1. The van der Waals surface area contributed by atoms with E-state index in [1.54, 1.807) is 4.90 Å². The standard InChI is InChI=1S/C19H25N3O2.ClH/c1-22-17-8-7-14(10-13(17)6-9-18(22)23)20-19(24)16-11-12-4-2-3-5-15(12)21-16;/h7-8,10,12,15-16,21H,2-6,9,11H2,1H3,(H,20,24);1H. The van der Waals surface area contributed by atoms with E-state index in [1.165, 1.54) is 25.7 Å². The highest BCUT2D eigenvalue weighted by Crippen LogP contribution is 2.34. The molecule has 2 amide bonds. The Labute approximate surface area is 154 Å². The van der Waals surface area contributed by atoms with E-state index in [4.69, 9.17) is 0 Å². The van der Waals surface area contributed by atoms with Crippen molar-refractivity contribution in [3.63, 3.8) is 0 Å². The summed E-state index contributed by atoms with van der Waals surface area (Å²) < 4.78 is 0. The molecule has 1 saturated carbocycles. The molecule has 5 nitrogen and oxygen atoms in total. The second-order valence-electron chi connectivity index (χ2n) is 7.39. The molecule has 4 rings (SSSR count). The van der Waals surface area contributed by atoms with Crippen molar-refractivity contribution >= 4 is 35.6 Å². The van der Waals surface area contributed by atoms with E-state index in [0.29, 0.717) is 18.4 Å². The number of hydrogen-bond acceptors (Lipinski definition) is 3. The van der Waals surface area contributed by atoms with Crippen LogP contribution in [0.3, 0.4) is 0 Å². The van der Waals surface area contributed by atoms with E-state index in [-0.39, 0.29) is 30.3 Å². The maximum absolute atomic E-state index is 12.6. The van der Waals surface area contributed by atoms with Crippen LogP contribution < -0.4 is 15.5 Å². The number of halogens is 1. The first-order valence-electron chi connectivity index (χ1n) is 9.08. The van der Waals surface area contributed by atoms with Crippen LogP contribution in [0.15, 0.2) is 18.2 Å². The minimum atomic E-state index is -0.0709. The van der Waals surface area contributed by atoms with Gasteiger partial charge in [0.15, 0.2) is 0 Å². The highest BCUT2D eigenvalue weighted by atomic mass is 35.5. The van der Waals surface area contributed by atoms with Gasteiger partial charge in [-0.15, -0.1) is 12.4 Å². The normalized spacial score (nSPS) is 28.0. The third kappa shape index (κ3) is 3.53. The minimum Gasteiger partial charge on any atom is -0.325 e. The quantitative estimate of drug-likeness (QED) is 0.849. The molecule has 1 saturated heterocycles. The van der Waals surface area contributed by atoms with Gasteiger partial charge in [-0.25, -0.2) is 0 Å². The van der Waals surface area contributed by atoms with Gasteiger partial charge < -0.3 is 15.5 Å². The predicted molar refractivity (Wildman–Crippen MR) is 101 cm³/mol. The predicted octanol–water partition coefficient (Wildman–Crippen LogP) is 2.88. The van der Waals surface area contributed by atoms with Gasteiger partial charge in [0.25, 0.3) is 0 Å². The fraction of sp³-hybridized carbons (Fsp3) is 0.579. The SMILES string of the molecule is CN1C(=O)CCc2cc(NC(=O)C3CC4CCCCC4N3)ccc21.Cl. The summed E-state index contributed by atoms with van der Waals surface area (Å²) in [5.74, 6) is 0.888. The zero-order valence-corrected chi connectivity index (χ0v) is 15.4. The lowest BCUT2D eigenvalue weighted by atomic mass is 9.85. The Morgan fingerprint density at radius 2 is 2.04 bits per heavy atom. The van der Waals surface area contributed by atoms with Crippen LogP contribution in [-0.4, -0.2) is 30.9 Å². The van der Waals surface area contributed by atoms with E-state index >= 15 is 0 Å². The Balaban J connectivity index is 0.00000182. The number of fused-ring (bicyclic) bond motifs is 2. The van der Waals surface area contributed by atoms with Crippen molar-refractivity contribution in [2.45, 2.75) is 57.0 Å². The van der Waals surface area contributed by atoms with Gasteiger partial charge in [-0.3, -0.25) is 9.59 Å². The summed E-state index contributed by atoms with van der Waals surface area (Å²) in [7, 11) is 1.81. The lowest BCUT2D eigenvalue weighted by Crippen LogP contribution is -2.40. The first kappa shape index (κ1) is 18.2. The summed E-state index contributed by atoms with van der Waals surface area (Å²) >= 11 is 0. The van der Waals surface area contributed by atoms with Crippen LogP contribution in [0, 0.1) is 5.92 Å². The van der Waals surface area contributed by atoms with E-state index in [2.05, 4.69) is 10.6 Å². The Hall–Kier alpha value is -1.59. The van der Waals surface area contributed by atoms with Crippen LogP contribution in [0.4, 0.5) is 11.4 Å². The van der Waals surface area contributed by atoms with Gasteiger partial charge >= 0.3 is 0 Å². The van der Waals surface area contributed by atoms with Gasteiger partial charge in [0.05, 0.1) is 6.04 Å². The van der Waals surface area contributed by atoms with Crippen molar-refractivity contribution in [1.82, 2.24) is 5.32 Å². The van der Waals surface area contributed by atoms with Gasteiger partial charge in [0, 0.05) is 30.9 Å². The number of carbonyl (C=O) groups excluding carboxylic acids is 2. The molecular weight excluding hydrogens is 338 g/mol. The lowest BCUT2D eigenvalue weighted by Gasteiger charge is -2.26. The lowest BCUT2D eigenvalue weighted by molar-refractivity contribution is -0.119. The second-order valence-corrected chi connectivity index (χ2v) is 7.39. The molecule has 1 aromatic rings. The fourth-order valence-corrected chi connectivity index (χ4v) is 4.48. The second kappa shape index (κ2) is 7.34. The number of rotatable bonds is 2. The molecule has 25 heavy (non-hydrogen) atoms. The molecule has 0 spiro atoms. The number of nitrogens with one attached hydrogen (secondary N) is 2. The molecule has 2 fully saturated rings. The Morgan fingerprint density at radius 3 is 2.84 bits per heavy atom. The van der Waals surface area contributed by atoms with Crippen molar-refractivity contribution in [2.75, 3.05) is 17.3 Å². The van der Waals surface area contributed by atoms with Crippen LogP contribution in [0.25, 0.3) is 0 Å². The molecule has 1 aromatic carbocycles. The molecule has 1 aliphatic carbocycles. The largest absolute Gasteiger partial charge is 0.325 e. The van der Waals surface area contributed by atoms with Gasteiger partial charge in [0.1, 0.15) is 0 Å². The van der Waals surface area contributed by atoms with Crippen LogP contribution in [-0.2, 0) is 16.0 Å². The van der Waals surface area contributed by atoms with Crippen LogP contribution in [0.5, 0.6) is 0 Å². The highest BCUT2D eigenvalue weighted by Gasteiger charge is 2.38. The summed E-state index contributed by atoms with van der Waals surface area (Å²) in [5.41, 5.74) is 2.91. The fourth-order valence-electron chi connectivity index (χ4n) is 4.48. The Kier molecular flexibility index (Phi) is 5.35. The van der Waals surface area contributed by atoms with Crippen LogP contribution in [0.1, 0.15) is 44.1 Å². The number of anilines is 2. The average molecular weight is 364 g/mol. The third-order valence-electron chi connectivity index (χ3n) is 5.87. The van der Waals surface area contributed by atoms with Gasteiger partial charge in [-0.05, 0) is 55.4 Å². The first-order chi connectivity index (χ1) is 11.6.